The first kappa shape index (κ1) is 24.1. The molecule has 0 saturated heterocycles. The van der Waals surface area contributed by atoms with E-state index in [9.17, 15) is 13.6 Å². The first-order valence-electron chi connectivity index (χ1n) is 13.1. The number of nitrogens with zero attached hydrogens (tertiary/aromatic N) is 3. The summed E-state index contributed by atoms with van der Waals surface area (Å²) < 4.78 is 33.3. The number of H-pyrrole nitrogens is 1. The van der Waals surface area contributed by atoms with Crippen LogP contribution in [-0.4, -0.2) is 54.1 Å². The lowest BCUT2D eigenvalue weighted by Gasteiger charge is -2.38. The number of fused-ring (bicyclic) bond motifs is 2. The molecule has 1 N–H and O–H groups in total. The summed E-state index contributed by atoms with van der Waals surface area (Å²) in [5, 5.41) is 0.987. The number of hydrogen-bond acceptors (Lipinski definition) is 5. The molecule has 4 heterocycles. The molecule has 1 aromatic carbocycles. The van der Waals surface area contributed by atoms with Gasteiger partial charge in [-0.25, -0.2) is 13.8 Å². The van der Waals surface area contributed by atoms with Crippen molar-refractivity contribution in [3.8, 4) is 11.1 Å². The van der Waals surface area contributed by atoms with Crippen LogP contribution in [0, 0.1) is 17.6 Å². The van der Waals surface area contributed by atoms with E-state index in [-0.39, 0.29) is 5.97 Å². The Balaban J connectivity index is 1.25. The van der Waals surface area contributed by atoms with Gasteiger partial charge in [-0.05, 0) is 61.3 Å². The number of carbonyl (C=O) groups is 1. The predicted molar refractivity (Wildman–Crippen MR) is 140 cm³/mol. The fraction of sp³-hybridized carbons (Fsp3) is 0.448. The number of hydrogen-bond donors (Lipinski definition) is 1. The molecule has 8 heteroatoms. The van der Waals surface area contributed by atoms with Gasteiger partial charge in [0.25, 0.3) is 0 Å². The second-order valence-corrected chi connectivity index (χ2v) is 10.6. The topological polar surface area (TPSA) is 61.5 Å². The van der Waals surface area contributed by atoms with Crippen LogP contribution in [0.15, 0.2) is 30.5 Å². The summed E-state index contributed by atoms with van der Waals surface area (Å²) in [6.07, 6.45) is 9.88. The number of carbonyl (C=O) groups excluding carboxylic acids is 1. The highest BCUT2D eigenvalue weighted by Crippen LogP contribution is 2.44. The zero-order valence-corrected chi connectivity index (χ0v) is 21.3. The van der Waals surface area contributed by atoms with E-state index in [1.54, 1.807) is 6.20 Å². The van der Waals surface area contributed by atoms with Crippen molar-refractivity contribution >= 4 is 28.3 Å². The first-order chi connectivity index (χ1) is 17.9. The summed E-state index contributed by atoms with van der Waals surface area (Å²) in [6, 6.07) is 5.04. The van der Waals surface area contributed by atoms with Gasteiger partial charge in [-0.1, -0.05) is 6.08 Å². The van der Waals surface area contributed by atoms with E-state index < -0.39 is 11.6 Å². The van der Waals surface area contributed by atoms with Gasteiger partial charge < -0.3 is 14.6 Å². The molecule has 1 saturated carbocycles. The average molecular weight is 507 g/mol. The molecule has 2 aromatic heterocycles. The number of aromatic amines is 1. The first-order valence-corrected chi connectivity index (χ1v) is 13.1. The van der Waals surface area contributed by atoms with Crippen molar-refractivity contribution in [2.45, 2.75) is 51.1 Å². The summed E-state index contributed by atoms with van der Waals surface area (Å²) in [4.78, 5) is 24.3. The molecule has 1 fully saturated rings. The molecule has 37 heavy (non-hydrogen) atoms. The smallest absolute Gasteiger partial charge is 0.305 e. The molecule has 0 bridgehead atoms. The Kier molecular flexibility index (Phi) is 6.23. The van der Waals surface area contributed by atoms with Crippen LogP contribution in [0.5, 0.6) is 0 Å². The van der Waals surface area contributed by atoms with Crippen LogP contribution in [0.2, 0.25) is 0 Å². The Morgan fingerprint density at radius 1 is 1.16 bits per heavy atom. The number of pyridine rings is 1. The van der Waals surface area contributed by atoms with Gasteiger partial charge in [0.1, 0.15) is 5.65 Å². The summed E-state index contributed by atoms with van der Waals surface area (Å²) in [5.74, 6) is -1.34. The largest absolute Gasteiger partial charge is 0.469 e. The minimum absolute atomic E-state index is 0.103. The monoisotopic (exact) mass is 506 g/mol. The quantitative estimate of drug-likeness (QED) is 0.462. The van der Waals surface area contributed by atoms with E-state index in [1.165, 1.54) is 24.8 Å². The summed E-state index contributed by atoms with van der Waals surface area (Å²) in [5.41, 5.74) is 6.50. The number of ether oxygens (including phenoxy) is 1. The van der Waals surface area contributed by atoms with Crippen LogP contribution >= 0.6 is 0 Å². The van der Waals surface area contributed by atoms with Crippen LogP contribution < -0.4 is 4.90 Å². The standard InChI is InChI=1S/C29H32F2N4O2/c1-34-16-22-27-20(21-14-23(30)24(31)15-25(21)34)7-10-32-29(27)33-28(22)18-8-11-35(12-9-18)19-5-3-17(4-6-19)13-26(36)37-2/h7-8,10,14-15,17,19H,3-6,9,11-13,16H2,1-2H3,(H,32,33). The molecule has 194 valence electrons. The molecule has 6 rings (SSSR count). The maximum absolute atomic E-state index is 14.3. The molecule has 3 aromatic rings. The number of nitrogens with one attached hydrogen (secondary N) is 1. The Bertz CT molecular complexity index is 1390. The van der Waals surface area contributed by atoms with Gasteiger partial charge in [0.05, 0.1) is 7.11 Å². The second-order valence-electron chi connectivity index (χ2n) is 10.6. The lowest BCUT2D eigenvalue weighted by atomic mass is 9.83. The highest BCUT2D eigenvalue weighted by atomic mass is 19.2. The molecule has 0 spiro atoms. The number of halogens is 2. The van der Waals surface area contributed by atoms with Crippen LogP contribution in [0.4, 0.5) is 14.5 Å². The minimum Gasteiger partial charge on any atom is -0.469 e. The number of rotatable bonds is 4. The molecule has 0 radical (unpaired) electrons. The summed E-state index contributed by atoms with van der Waals surface area (Å²) in [6.45, 7) is 2.46. The van der Waals surface area contributed by atoms with Crippen molar-refractivity contribution in [3.63, 3.8) is 0 Å². The van der Waals surface area contributed by atoms with Crippen molar-refractivity contribution < 1.29 is 18.3 Å². The van der Waals surface area contributed by atoms with Gasteiger partial charge in [0.15, 0.2) is 11.6 Å². The molecule has 6 nitrogen and oxygen atoms in total. The molecule has 0 amide bonds. The lowest BCUT2D eigenvalue weighted by molar-refractivity contribution is -0.142. The predicted octanol–water partition coefficient (Wildman–Crippen LogP) is 5.67. The number of aromatic nitrogens is 2. The molecular weight excluding hydrogens is 474 g/mol. The van der Waals surface area contributed by atoms with Crippen molar-refractivity contribution in [2.24, 2.45) is 5.92 Å². The lowest BCUT2D eigenvalue weighted by Crippen LogP contribution is -2.40. The number of benzene rings is 1. The Morgan fingerprint density at radius 3 is 2.68 bits per heavy atom. The second kappa shape index (κ2) is 9.56. The Hall–Kier alpha value is -3.26. The van der Waals surface area contributed by atoms with Crippen LogP contribution in [-0.2, 0) is 16.1 Å². The third-order valence-electron chi connectivity index (χ3n) is 8.51. The third kappa shape index (κ3) is 4.31. The van der Waals surface area contributed by atoms with E-state index in [4.69, 9.17) is 4.74 Å². The summed E-state index contributed by atoms with van der Waals surface area (Å²) >= 11 is 0. The van der Waals surface area contributed by atoms with Crippen LogP contribution in [0.3, 0.4) is 0 Å². The summed E-state index contributed by atoms with van der Waals surface area (Å²) in [7, 11) is 3.38. The van der Waals surface area contributed by atoms with Gasteiger partial charge in [0.2, 0.25) is 0 Å². The van der Waals surface area contributed by atoms with E-state index >= 15 is 0 Å². The van der Waals surface area contributed by atoms with Gasteiger partial charge in [-0.15, -0.1) is 0 Å². The van der Waals surface area contributed by atoms with Gasteiger partial charge in [-0.2, -0.15) is 0 Å². The van der Waals surface area contributed by atoms with E-state index in [1.807, 2.05) is 18.0 Å². The highest BCUT2D eigenvalue weighted by molar-refractivity contribution is 6.02. The van der Waals surface area contributed by atoms with Crippen molar-refractivity contribution in [1.82, 2.24) is 14.9 Å². The zero-order chi connectivity index (χ0) is 25.7. The van der Waals surface area contributed by atoms with E-state index in [0.717, 1.165) is 73.0 Å². The van der Waals surface area contributed by atoms with Crippen molar-refractivity contribution in [3.05, 3.63) is 53.4 Å². The maximum Gasteiger partial charge on any atom is 0.305 e. The number of anilines is 1. The van der Waals surface area contributed by atoms with E-state index in [0.29, 0.717) is 36.2 Å². The van der Waals surface area contributed by atoms with Gasteiger partial charge in [0, 0.05) is 79.3 Å². The number of methoxy groups -OCH3 is 1. The molecule has 3 aliphatic rings. The normalized spacial score (nSPS) is 21.9. The van der Waals surface area contributed by atoms with Crippen LogP contribution in [0.25, 0.3) is 27.7 Å². The SMILES string of the molecule is COC(=O)CC1CCC(N2CC=C(c3[nH]c4nccc5c4c3CN(C)c3cc(F)c(F)cc3-5)CC2)CC1. The fourth-order valence-electron chi connectivity index (χ4n) is 6.50. The van der Waals surface area contributed by atoms with Crippen molar-refractivity contribution in [1.29, 1.82) is 0 Å². The molecular formula is C29H32F2N4O2. The van der Waals surface area contributed by atoms with Gasteiger partial charge in [-0.3, -0.25) is 9.69 Å². The molecule has 2 aliphatic heterocycles. The third-order valence-corrected chi connectivity index (χ3v) is 8.51. The fourth-order valence-corrected chi connectivity index (χ4v) is 6.50. The Morgan fingerprint density at radius 2 is 1.95 bits per heavy atom. The zero-order valence-electron chi connectivity index (χ0n) is 21.3. The molecule has 0 unspecified atom stereocenters. The van der Waals surface area contributed by atoms with Crippen molar-refractivity contribution in [2.75, 3.05) is 32.1 Å². The minimum atomic E-state index is -0.842. The Labute approximate surface area is 215 Å². The van der Waals surface area contributed by atoms with E-state index in [2.05, 4.69) is 20.9 Å². The number of esters is 1. The average Bonchev–Trinajstić information content (AvgIpc) is 3.23. The molecule has 1 aliphatic carbocycles. The van der Waals surface area contributed by atoms with Gasteiger partial charge >= 0.3 is 5.97 Å². The molecule has 0 atom stereocenters. The maximum atomic E-state index is 14.3. The van der Waals surface area contributed by atoms with Crippen LogP contribution in [0.1, 0.15) is 49.8 Å². The highest BCUT2D eigenvalue weighted by Gasteiger charge is 2.30.